The summed E-state index contributed by atoms with van der Waals surface area (Å²) in [5.41, 5.74) is 0. The minimum absolute atomic E-state index is 0.0833. The van der Waals surface area contributed by atoms with Crippen molar-refractivity contribution in [3.8, 4) is 0 Å². The third-order valence-electron chi connectivity index (χ3n) is 0.541. The molecule has 0 fully saturated rings. The molecule has 0 aliphatic heterocycles. The number of hydrogen-bond acceptors (Lipinski definition) is 3. The van der Waals surface area contributed by atoms with Crippen molar-refractivity contribution in [3.05, 3.63) is 0 Å². The van der Waals surface area contributed by atoms with E-state index in [1.54, 1.807) is 0 Å². The summed E-state index contributed by atoms with van der Waals surface area (Å²) in [7, 11) is 0. The van der Waals surface area contributed by atoms with E-state index in [2.05, 4.69) is 0 Å². The quantitative estimate of drug-likeness (QED) is 0.547. The second-order valence-corrected chi connectivity index (χ2v) is 3.12. The molecule has 0 aromatic carbocycles. The van der Waals surface area contributed by atoms with E-state index in [0.29, 0.717) is 0 Å². The molecule has 1 amide bonds. The van der Waals surface area contributed by atoms with Gasteiger partial charge in [0.25, 0.3) is 22.5 Å². The molecule has 2 atom stereocenters. The van der Waals surface area contributed by atoms with Gasteiger partial charge in [-0.05, 0) is 0 Å². The van der Waals surface area contributed by atoms with Crippen LogP contribution in [-0.4, -0.2) is 27.1 Å². The summed E-state index contributed by atoms with van der Waals surface area (Å²) in [5, 5.41) is 0. The maximum absolute atomic E-state index is 10.2. The smallest absolute Gasteiger partial charge is 0.278 e. The van der Waals surface area contributed by atoms with Crippen molar-refractivity contribution in [3.63, 3.8) is 0 Å². The molecule has 6 nitrogen and oxygen atoms in total. The first kappa shape index (κ1) is 9.69. The molecule has 0 spiro atoms. The zero-order chi connectivity index (χ0) is 8.31. The number of rotatable bonds is 2. The molecule has 8 heteroatoms. The van der Waals surface area contributed by atoms with E-state index in [9.17, 15) is 13.2 Å². The van der Waals surface area contributed by atoms with Gasteiger partial charge in [-0.15, -0.1) is 3.71 Å². The molecule has 0 aliphatic carbocycles. The number of carbonyl (C=O) groups is 1. The minimum Gasteiger partial charge on any atom is -0.288 e. The van der Waals surface area contributed by atoms with Crippen molar-refractivity contribution in [2.24, 2.45) is 0 Å². The Kier molecular flexibility index (Phi) is 3.64. The predicted octanol–water partition coefficient (Wildman–Crippen LogP) is -0.892. The highest BCUT2D eigenvalue weighted by Gasteiger charge is 2.20. The van der Waals surface area contributed by atoms with E-state index in [-0.39, 0.29) is 3.71 Å². The van der Waals surface area contributed by atoms with E-state index in [1.807, 2.05) is 0 Å². The summed E-state index contributed by atoms with van der Waals surface area (Å²) < 4.78 is 36.4. The average molecular weight is 187 g/mol. The summed E-state index contributed by atoms with van der Waals surface area (Å²) in [6.07, 6.45) is 0. The predicted molar refractivity (Wildman–Crippen MR) is 34.1 cm³/mol. The first-order valence-corrected chi connectivity index (χ1v) is 4.12. The molecule has 0 radical (unpaired) electrons. The van der Waals surface area contributed by atoms with Crippen LogP contribution in [-0.2, 0) is 27.3 Å². The van der Waals surface area contributed by atoms with Gasteiger partial charge >= 0.3 is 0 Å². The molecule has 0 saturated heterocycles. The van der Waals surface area contributed by atoms with Gasteiger partial charge in [0.05, 0.1) is 0 Å². The van der Waals surface area contributed by atoms with Crippen molar-refractivity contribution >= 4 is 28.4 Å². The number of amides is 1. The van der Waals surface area contributed by atoms with Crippen LogP contribution in [0.1, 0.15) is 6.92 Å². The van der Waals surface area contributed by atoms with Crippen molar-refractivity contribution in [1.29, 1.82) is 0 Å². The molecule has 0 aromatic rings. The third kappa shape index (κ3) is 2.52. The second-order valence-electron chi connectivity index (χ2n) is 1.24. The van der Waals surface area contributed by atoms with Gasteiger partial charge in [0.2, 0.25) is 5.91 Å². The van der Waals surface area contributed by atoms with Gasteiger partial charge in [0, 0.05) is 6.92 Å². The van der Waals surface area contributed by atoms with Gasteiger partial charge in [0.15, 0.2) is 0 Å². The lowest BCUT2D eigenvalue weighted by Crippen LogP contribution is -2.31. The molecule has 0 rings (SSSR count). The Morgan fingerprint density at radius 3 is 1.60 bits per heavy atom. The molecule has 0 bridgehead atoms. The maximum Gasteiger partial charge on any atom is 0.278 e. The Hall–Kier alpha value is -0.310. The molecule has 0 heterocycles. The van der Waals surface area contributed by atoms with Crippen LogP contribution in [0.4, 0.5) is 0 Å². The number of carbonyl (C=O) groups excluding carboxylic acids is 1. The fourth-order valence-corrected chi connectivity index (χ4v) is 1.15. The molecule has 2 unspecified atom stereocenters. The highest BCUT2D eigenvalue weighted by Crippen LogP contribution is 1.95. The third-order valence-corrected chi connectivity index (χ3v) is 2.39. The van der Waals surface area contributed by atoms with Crippen LogP contribution in [0.3, 0.4) is 0 Å². The Bertz CT molecular complexity index is 157. The Labute approximate surface area is 62.1 Å². The molecular weight excluding hydrogens is 182 g/mol. The summed E-state index contributed by atoms with van der Waals surface area (Å²) in [6.45, 7) is 0.905. The van der Waals surface area contributed by atoms with E-state index in [0.717, 1.165) is 6.92 Å². The van der Waals surface area contributed by atoms with Crippen LogP contribution in [0.25, 0.3) is 0 Å². The lowest BCUT2D eigenvalue weighted by atomic mass is 10.8. The minimum atomic E-state index is -2.73. The van der Waals surface area contributed by atoms with Crippen molar-refractivity contribution in [2.75, 3.05) is 0 Å². The molecular formula is C2H5NO5S2. The van der Waals surface area contributed by atoms with Gasteiger partial charge in [-0.25, -0.2) is 8.42 Å². The zero-order valence-electron chi connectivity index (χ0n) is 4.88. The van der Waals surface area contributed by atoms with Crippen LogP contribution < -0.4 is 0 Å². The number of hydrogen-bond donors (Lipinski definition) is 2. The van der Waals surface area contributed by atoms with Gasteiger partial charge in [-0.2, -0.15) is 0 Å². The summed E-state index contributed by atoms with van der Waals surface area (Å²) in [5.74, 6) is -0.943. The highest BCUT2D eigenvalue weighted by atomic mass is 32.3. The monoisotopic (exact) mass is 187 g/mol. The Morgan fingerprint density at radius 2 is 1.60 bits per heavy atom. The highest BCUT2D eigenvalue weighted by molar-refractivity contribution is 7.93. The normalized spacial score (nSPS) is 15.9. The second kappa shape index (κ2) is 3.76. The van der Waals surface area contributed by atoms with Gasteiger partial charge in [0.1, 0.15) is 0 Å². The average Bonchev–Trinajstić information content (AvgIpc) is 1.59. The van der Waals surface area contributed by atoms with Crippen LogP contribution in [0.2, 0.25) is 0 Å². The molecule has 0 saturated carbocycles. The first-order valence-electron chi connectivity index (χ1n) is 1.99. The number of nitrogens with zero attached hydrogens (tertiary/aromatic N) is 1. The van der Waals surface area contributed by atoms with E-state index in [1.165, 1.54) is 0 Å². The fourth-order valence-electron chi connectivity index (χ4n) is 0.274. The van der Waals surface area contributed by atoms with E-state index >= 15 is 0 Å². The largest absolute Gasteiger partial charge is 0.288 e. The lowest BCUT2D eigenvalue weighted by Gasteiger charge is -2.07. The maximum atomic E-state index is 10.2. The van der Waals surface area contributed by atoms with Gasteiger partial charge in [-0.3, -0.25) is 13.9 Å². The van der Waals surface area contributed by atoms with Crippen molar-refractivity contribution < 1.29 is 22.3 Å². The Morgan fingerprint density at radius 1 is 1.30 bits per heavy atom. The lowest BCUT2D eigenvalue weighted by molar-refractivity contribution is -0.121. The zero-order valence-corrected chi connectivity index (χ0v) is 6.52. The summed E-state index contributed by atoms with van der Waals surface area (Å²) in [6, 6.07) is 0. The van der Waals surface area contributed by atoms with E-state index < -0.39 is 28.4 Å². The molecule has 2 N–H and O–H groups in total. The summed E-state index contributed by atoms with van der Waals surface area (Å²) >= 11 is -5.46. The summed E-state index contributed by atoms with van der Waals surface area (Å²) in [4.78, 5) is 10.2. The fraction of sp³-hybridized carbons (Fsp3) is 0.500. The molecule has 0 aliphatic rings. The SMILES string of the molecule is CC(=O)N(S(=O)O)S(=O)O. The van der Waals surface area contributed by atoms with Crippen molar-refractivity contribution in [1.82, 2.24) is 3.71 Å². The van der Waals surface area contributed by atoms with Crippen LogP contribution in [0, 0.1) is 0 Å². The van der Waals surface area contributed by atoms with Gasteiger partial charge < -0.3 is 0 Å². The van der Waals surface area contributed by atoms with Crippen molar-refractivity contribution in [2.45, 2.75) is 6.92 Å². The molecule has 60 valence electrons. The topological polar surface area (TPSA) is 94.9 Å². The van der Waals surface area contributed by atoms with E-state index in [4.69, 9.17) is 9.11 Å². The van der Waals surface area contributed by atoms with Gasteiger partial charge in [-0.1, -0.05) is 0 Å². The molecule has 0 aromatic heterocycles. The first-order chi connectivity index (χ1) is 4.46. The van der Waals surface area contributed by atoms with Crippen LogP contribution >= 0.6 is 0 Å². The van der Waals surface area contributed by atoms with Crippen LogP contribution in [0.15, 0.2) is 0 Å². The van der Waals surface area contributed by atoms with Crippen LogP contribution in [0.5, 0.6) is 0 Å². The molecule has 10 heavy (non-hydrogen) atoms. The standard InChI is InChI=1S/C2H5NO5S2/c1-2(4)3(9(5)6)10(7)8/h1H3,(H,5,6)(H,7,8). The Balaban J connectivity index is 4.43.